The third-order valence-electron chi connectivity index (χ3n) is 5.63. The molecule has 1 aliphatic rings. The van der Waals surface area contributed by atoms with Gasteiger partial charge < -0.3 is 5.32 Å². The molecule has 0 saturated heterocycles. The van der Waals surface area contributed by atoms with Crippen LogP contribution in [0.5, 0.6) is 0 Å². The number of aryl methyl sites for hydroxylation is 5. The predicted molar refractivity (Wildman–Crippen MR) is 126 cm³/mol. The van der Waals surface area contributed by atoms with Gasteiger partial charge in [0, 0.05) is 5.69 Å². The molecule has 3 aromatic rings. The minimum absolute atomic E-state index is 0.305. The minimum atomic E-state index is -0.338. The Balaban J connectivity index is 1.89. The number of anilines is 2. The van der Waals surface area contributed by atoms with E-state index in [1.54, 1.807) is 0 Å². The molecule has 1 aliphatic heterocycles. The largest absolute Gasteiger partial charge is 0.350 e. The number of hydrogen-bond donors (Lipinski definition) is 1. The molecular weight excluding hydrogens is 384 g/mol. The van der Waals surface area contributed by atoms with Gasteiger partial charge in [0.1, 0.15) is 5.70 Å². The van der Waals surface area contributed by atoms with E-state index >= 15 is 0 Å². The van der Waals surface area contributed by atoms with Crippen LogP contribution in [-0.4, -0.2) is 11.8 Å². The van der Waals surface area contributed by atoms with Gasteiger partial charge in [-0.1, -0.05) is 48.0 Å². The number of carbonyl (C=O) groups is 2. The Labute approximate surface area is 183 Å². The molecule has 156 valence electrons. The Morgan fingerprint density at radius 2 is 1.35 bits per heavy atom. The van der Waals surface area contributed by atoms with Crippen LogP contribution in [0.4, 0.5) is 11.4 Å². The fraction of sp³-hybridized carbons (Fsp3) is 0.185. The first-order valence-electron chi connectivity index (χ1n) is 10.4. The first-order valence-corrected chi connectivity index (χ1v) is 10.4. The lowest BCUT2D eigenvalue weighted by molar-refractivity contribution is -0.120. The SMILES string of the molecule is Cc1cccc(NC2=C(c3ccc(C)cc3C)C(=O)N(c3cc(C)ccc3C)C2=O)c1. The molecule has 0 aliphatic carbocycles. The van der Waals surface area contributed by atoms with Gasteiger partial charge in [0.05, 0.1) is 11.3 Å². The van der Waals surface area contributed by atoms with Crippen molar-refractivity contribution in [3.63, 3.8) is 0 Å². The molecule has 0 saturated carbocycles. The number of benzene rings is 3. The summed E-state index contributed by atoms with van der Waals surface area (Å²) in [5.74, 6) is -0.643. The molecule has 0 aromatic heterocycles. The van der Waals surface area contributed by atoms with E-state index in [-0.39, 0.29) is 11.8 Å². The molecule has 0 spiro atoms. The summed E-state index contributed by atoms with van der Waals surface area (Å²) in [5, 5.41) is 3.25. The highest BCUT2D eigenvalue weighted by atomic mass is 16.2. The quantitative estimate of drug-likeness (QED) is 0.568. The average Bonchev–Trinajstić information content (AvgIpc) is 2.94. The highest BCUT2D eigenvalue weighted by Crippen LogP contribution is 2.36. The van der Waals surface area contributed by atoms with Crippen LogP contribution < -0.4 is 10.2 Å². The number of nitrogens with zero attached hydrogens (tertiary/aromatic N) is 1. The van der Waals surface area contributed by atoms with Crippen LogP contribution in [0.2, 0.25) is 0 Å². The van der Waals surface area contributed by atoms with Crippen LogP contribution in [0.1, 0.15) is 33.4 Å². The van der Waals surface area contributed by atoms with Gasteiger partial charge in [-0.2, -0.15) is 0 Å². The van der Waals surface area contributed by atoms with E-state index in [2.05, 4.69) is 5.32 Å². The van der Waals surface area contributed by atoms with Crippen molar-refractivity contribution in [1.29, 1.82) is 0 Å². The number of imide groups is 1. The Kier molecular flexibility index (Phi) is 5.24. The highest BCUT2D eigenvalue weighted by molar-refractivity contribution is 6.46. The lowest BCUT2D eigenvalue weighted by Gasteiger charge is -2.18. The van der Waals surface area contributed by atoms with Crippen molar-refractivity contribution in [2.75, 3.05) is 10.2 Å². The van der Waals surface area contributed by atoms with Gasteiger partial charge in [-0.15, -0.1) is 0 Å². The minimum Gasteiger partial charge on any atom is -0.350 e. The van der Waals surface area contributed by atoms with E-state index in [4.69, 9.17) is 0 Å². The van der Waals surface area contributed by atoms with Crippen LogP contribution in [0.25, 0.3) is 5.57 Å². The maximum absolute atomic E-state index is 13.7. The maximum Gasteiger partial charge on any atom is 0.282 e. The van der Waals surface area contributed by atoms with E-state index < -0.39 is 0 Å². The number of rotatable bonds is 4. The molecule has 2 amide bonds. The molecule has 4 nitrogen and oxygen atoms in total. The first-order chi connectivity index (χ1) is 14.8. The molecule has 1 heterocycles. The van der Waals surface area contributed by atoms with Crippen molar-refractivity contribution in [1.82, 2.24) is 0 Å². The lowest BCUT2D eigenvalue weighted by Crippen LogP contribution is -2.33. The van der Waals surface area contributed by atoms with Gasteiger partial charge >= 0.3 is 0 Å². The molecule has 3 aromatic carbocycles. The van der Waals surface area contributed by atoms with E-state index in [0.717, 1.165) is 39.1 Å². The number of amides is 2. The van der Waals surface area contributed by atoms with E-state index in [0.29, 0.717) is 17.0 Å². The summed E-state index contributed by atoms with van der Waals surface area (Å²) in [7, 11) is 0. The zero-order chi connectivity index (χ0) is 22.3. The molecule has 0 bridgehead atoms. The molecule has 1 N–H and O–H groups in total. The van der Waals surface area contributed by atoms with Crippen molar-refractivity contribution in [3.8, 4) is 0 Å². The molecule has 31 heavy (non-hydrogen) atoms. The predicted octanol–water partition coefficient (Wildman–Crippen LogP) is 5.63. The fourth-order valence-electron chi connectivity index (χ4n) is 4.04. The van der Waals surface area contributed by atoms with Crippen LogP contribution in [-0.2, 0) is 9.59 Å². The van der Waals surface area contributed by atoms with Crippen molar-refractivity contribution in [2.24, 2.45) is 0 Å². The van der Waals surface area contributed by atoms with E-state index in [1.807, 2.05) is 95.3 Å². The van der Waals surface area contributed by atoms with Gasteiger partial charge in [0.2, 0.25) is 0 Å². The van der Waals surface area contributed by atoms with Gasteiger partial charge in [0.25, 0.3) is 11.8 Å². The highest BCUT2D eigenvalue weighted by Gasteiger charge is 2.41. The monoisotopic (exact) mass is 410 g/mol. The molecule has 0 fully saturated rings. The van der Waals surface area contributed by atoms with Gasteiger partial charge in [0.15, 0.2) is 0 Å². The summed E-state index contributed by atoms with van der Waals surface area (Å²) >= 11 is 0. The number of hydrogen-bond acceptors (Lipinski definition) is 3. The van der Waals surface area contributed by atoms with Crippen molar-refractivity contribution in [3.05, 3.63) is 99.7 Å². The molecule has 0 unspecified atom stereocenters. The number of carbonyl (C=O) groups excluding carboxylic acids is 2. The van der Waals surface area contributed by atoms with Crippen molar-refractivity contribution in [2.45, 2.75) is 34.6 Å². The third kappa shape index (κ3) is 3.77. The molecule has 0 atom stereocenters. The molecule has 4 heteroatoms. The zero-order valence-corrected chi connectivity index (χ0v) is 18.5. The summed E-state index contributed by atoms with van der Waals surface area (Å²) in [6.45, 7) is 9.85. The molecular formula is C27H26N2O2. The smallest absolute Gasteiger partial charge is 0.282 e. The molecule has 4 rings (SSSR count). The van der Waals surface area contributed by atoms with Crippen LogP contribution in [0.15, 0.2) is 66.4 Å². The second-order valence-electron chi connectivity index (χ2n) is 8.30. The van der Waals surface area contributed by atoms with Crippen LogP contribution in [0, 0.1) is 34.6 Å². The topological polar surface area (TPSA) is 49.4 Å². The third-order valence-corrected chi connectivity index (χ3v) is 5.63. The maximum atomic E-state index is 13.7. The van der Waals surface area contributed by atoms with Gasteiger partial charge in [-0.3, -0.25) is 9.59 Å². The van der Waals surface area contributed by atoms with Crippen LogP contribution in [0.3, 0.4) is 0 Å². The summed E-state index contributed by atoms with van der Waals surface area (Å²) in [6.07, 6.45) is 0. The summed E-state index contributed by atoms with van der Waals surface area (Å²) in [5.41, 5.74) is 7.90. The van der Waals surface area contributed by atoms with E-state index in [1.165, 1.54) is 4.90 Å². The van der Waals surface area contributed by atoms with Gasteiger partial charge in [-0.25, -0.2) is 4.90 Å². The normalized spacial score (nSPS) is 13.9. The summed E-state index contributed by atoms with van der Waals surface area (Å²) in [4.78, 5) is 28.6. The summed E-state index contributed by atoms with van der Waals surface area (Å²) in [6, 6.07) is 19.5. The Morgan fingerprint density at radius 3 is 2.06 bits per heavy atom. The fourth-order valence-corrected chi connectivity index (χ4v) is 4.04. The van der Waals surface area contributed by atoms with Gasteiger partial charge in [-0.05, 0) is 80.6 Å². The summed E-state index contributed by atoms with van der Waals surface area (Å²) < 4.78 is 0. The number of nitrogens with one attached hydrogen (secondary N) is 1. The standard InChI is InChI=1S/C27H26N2O2/c1-16-7-6-8-21(14-16)28-25-24(22-12-10-17(2)13-20(22)5)26(30)29(27(25)31)23-15-18(3)9-11-19(23)4/h6-15,28H,1-5H3. The Hall–Kier alpha value is -3.66. The second kappa shape index (κ2) is 7.88. The average molecular weight is 411 g/mol. The molecule has 0 radical (unpaired) electrons. The zero-order valence-electron chi connectivity index (χ0n) is 18.5. The second-order valence-corrected chi connectivity index (χ2v) is 8.30. The lowest BCUT2D eigenvalue weighted by atomic mass is 9.97. The Morgan fingerprint density at radius 1 is 0.677 bits per heavy atom. The van der Waals surface area contributed by atoms with Crippen molar-refractivity contribution >= 4 is 28.8 Å². The van der Waals surface area contributed by atoms with Crippen molar-refractivity contribution < 1.29 is 9.59 Å². The van der Waals surface area contributed by atoms with E-state index in [9.17, 15) is 9.59 Å². The van der Waals surface area contributed by atoms with Crippen LogP contribution >= 0.6 is 0 Å². The Bertz CT molecular complexity index is 1250. The first kappa shape index (κ1) is 20.6.